The van der Waals surface area contributed by atoms with Crippen LogP contribution in [-0.2, 0) is 4.74 Å². The molecule has 0 heterocycles. The van der Waals surface area contributed by atoms with Gasteiger partial charge in [-0.15, -0.1) is 0 Å². The van der Waals surface area contributed by atoms with Crippen LogP contribution in [0.5, 0.6) is 5.75 Å². The fourth-order valence-corrected chi connectivity index (χ4v) is 2.22. The van der Waals surface area contributed by atoms with Crippen LogP contribution in [0.15, 0.2) is 18.2 Å². The highest BCUT2D eigenvalue weighted by molar-refractivity contribution is 6.30. The maximum absolute atomic E-state index is 6.09. The predicted octanol–water partition coefficient (Wildman–Crippen LogP) is 3.82. The van der Waals surface area contributed by atoms with Crippen molar-refractivity contribution >= 4 is 11.6 Å². The number of rotatable bonds is 9. The van der Waals surface area contributed by atoms with Crippen LogP contribution < -0.4 is 10.1 Å². The van der Waals surface area contributed by atoms with Gasteiger partial charge in [0.25, 0.3) is 0 Å². The maximum Gasteiger partial charge on any atom is 0.123 e. The topological polar surface area (TPSA) is 30.5 Å². The molecular formula is C15H24ClNO2. The zero-order valence-corrected chi connectivity index (χ0v) is 12.8. The van der Waals surface area contributed by atoms with Gasteiger partial charge in [0, 0.05) is 29.8 Å². The molecule has 0 aliphatic heterocycles. The summed E-state index contributed by atoms with van der Waals surface area (Å²) in [6, 6.07) is 5.93. The summed E-state index contributed by atoms with van der Waals surface area (Å²) in [5.74, 6) is 0.867. The first kappa shape index (κ1) is 16.3. The van der Waals surface area contributed by atoms with Gasteiger partial charge in [-0.25, -0.2) is 0 Å². The Bertz CT molecular complexity index is 371. The molecule has 0 spiro atoms. The Kier molecular flexibility index (Phi) is 7.87. The van der Waals surface area contributed by atoms with Gasteiger partial charge < -0.3 is 14.8 Å². The molecule has 0 aliphatic rings. The van der Waals surface area contributed by atoms with Gasteiger partial charge in [0.15, 0.2) is 0 Å². The van der Waals surface area contributed by atoms with E-state index in [9.17, 15) is 0 Å². The van der Waals surface area contributed by atoms with Gasteiger partial charge in [-0.1, -0.05) is 25.4 Å². The van der Waals surface area contributed by atoms with E-state index in [4.69, 9.17) is 21.1 Å². The van der Waals surface area contributed by atoms with Gasteiger partial charge in [0.05, 0.1) is 7.11 Å². The summed E-state index contributed by atoms with van der Waals surface area (Å²) in [4.78, 5) is 0. The van der Waals surface area contributed by atoms with Crippen LogP contribution >= 0.6 is 11.6 Å². The minimum absolute atomic E-state index is 0.204. The summed E-state index contributed by atoms with van der Waals surface area (Å²) in [6.07, 6.45) is 1.96. The highest BCUT2D eigenvalue weighted by Crippen LogP contribution is 2.30. The highest BCUT2D eigenvalue weighted by atomic mass is 35.5. The Hall–Kier alpha value is -0.770. The van der Waals surface area contributed by atoms with Gasteiger partial charge >= 0.3 is 0 Å². The van der Waals surface area contributed by atoms with E-state index >= 15 is 0 Å². The first-order valence-electron chi connectivity index (χ1n) is 6.87. The molecule has 1 unspecified atom stereocenters. The zero-order chi connectivity index (χ0) is 14.1. The summed E-state index contributed by atoms with van der Waals surface area (Å²) in [6.45, 7) is 6.65. The molecule has 1 N–H and O–H groups in total. The maximum atomic E-state index is 6.09. The van der Waals surface area contributed by atoms with Crippen LogP contribution in [0.1, 0.15) is 38.3 Å². The van der Waals surface area contributed by atoms with Crippen LogP contribution in [0, 0.1) is 0 Å². The lowest BCUT2D eigenvalue weighted by molar-refractivity contribution is 0.124. The fourth-order valence-electron chi connectivity index (χ4n) is 2.04. The molecule has 4 heteroatoms. The lowest BCUT2D eigenvalue weighted by Gasteiger charge is -2.21. The number of ether oxygens (including phenoxy) is 2. The van der Waals surface area contributed by atoms with Crippen molar-refractivity contribution in [2.24, 2.45) is 0 Å². The average Bonchev–Trinajstić information content (AvgIpc) is 2.42. The molecule has 108 valence electrons. The van der Waals surface area contributed by atoms with Crippen molar-refractivity contribution in [3.8, 4) is 5.75 Å². The van der Waals surface area contributed by atoms with Crippen molar-refractivity contribution in [2.75, 3.05) is 26.9 Å². The molecule has 0 aliphatic carbocycles. The lowest BCUT2D eigenvalue weighted by Crippen LogP contribution is -2.23. The number of methoxy groups -OCH3 is 1. The molecule has 0 aromatic heterocycles. The Balaban J connectivity index is 2.76. The van der Waals surface area contributed by atoms with Gasteiger partial charge in [-0.05, 0) is 37.6 Å². The quantitative estimate of drug-likeness (QED) is 0.700. The van der Waals surface area contributed by atoms with Crippen molar-refractivity contribution in [3.63, 3.8) is 0 Å². The van der Waals surface area contributed by atoms with Crippen molar-refractivity contribution in [1.82, 2.24) is 5.32 Å². The molecule has 0 saturated heterocycles. The minimum Gasteiger partial charge on any atom is -0.496 e. The molecule has 1 aromatic rings. The molecule has 1 rings (SSSR count). The highest BCUT2D eigenvalue weighted by Gasteiger charge is 2.15. The number of hydrogen-bond acceptors (Lipinski definition) is 3. The van der Waals surface area contributed by atoms with Crippen molar-refractivity contribution < 1.29 is 9.47 Å². The third-order valence-electron chi connectivity index (χ3n) is 2.92. The molecule has 1 atom stereocenters. The molecule has 0 fully saturated rings. The van der Waals surface area contributed by atoms with Gasteiger partial charge in [-0.3, -0.25) is 0 Å². The molecule has 3 nitrogen and oxygen atoms in total. The van der Waals surface area contributed by atoms with Crippen LogP contribution in [0.4, 0.5) is 0 Å². The summed E-state index contributed by atoms with van der Waals surface area (Å²) >= 11 is 6.09. The Labute approximate surface area is 121 Å². The molecule has 0 amide bonds. The Morgan fingerprint density at radius 2 is 2.05 bits per heavy atom. The monoisotopic (exact) mass is 285 g/mol. The Morgan fingerprint density at radius 3 is 2.68 bits per heavy atom. The minimum atomic E-state index is 0.204. The SMILES string of the molecule is CCCOCCC(NCC)c1cc(Cl)ccc1OC. The number of hydrogen-bond donors (Lipinski definition) is 1. The smallest absolute Gasteiger partial charge is 0.123 e. The average molecular weight is 286 g/mol. The third-order valence-corrected chi connectivity index (χ3v) is 3.15. The second-order valence-electron chi connectivity index (χ2n) is 4.40. The van der Waals surface area contributed by atoms with Crippen molar-refractivity contribution in [1.29, 1.82) is 0 Å². The summed E-state index contributed by atoms with van der Waals surface area (Å²) in [5, 5.41) is 4.19. The summed E-state index contributed by atoms with van der Waals surface area (Å²) in [7, 11) is 1.68. The third kappa shape index (κ3) is 5.39. The number of benzene rings is 1. The van der Waals surface area contributed by atoms with Gasteiger partial charge in [-0.2, -0.15) is 0 Å². The molecule has 1 aromatic carbocycles. The van der Waals surface area contributed by atoms with Crippen molar-refractivity contribution in [2.45, 2.75) is 32.7 Å². The van der Waals surface area contributed by atoms with E-state index < -0.39 is 0 Å². The molecular weight excluding hydrogens is 262 g/mol. The van der Waals surface area contributed by atoms with E-state index in [2.05, 4.69) is 19.2 Å². The summed E-state index contributed by atoms with van der Waals surface area (Å²) < 4.78 is 11.0. The zero-order valence-electron chi connectivity index (χ0n) is 12.0. The molecule has 0 saturated carbocycles. The largest absolute Gasteiger partial charge is 0.496 e. The van der Waals surface area contributed by atoms with Crippen LogP contribution in [-0.4, -0.2) is 26.9 Å². The van der Waals surface area contributed by atoms with Crippen molar-refractivity contribution in [3.05, 3.63) is 28.8 Å². The van der Waals surface area contributed by atoms with E-state index in [0.29, 0.717) is 0 Å². The van der Waals surface area contributed by atoms with E-state index in [1.165, 1.54) is 0 Å². The van der Waals surface area contributed by atoms with Crippen LogP contribution in [0.3, 0.4) is 0 Å². The Morgan fingerprint density at radius 1 is 1.26 bits per heavy atom. The standard InChI is InChI=1S/C15H24ClNO2/c1-4-9-19-10-8-14(17-5-2)13-11-12(16)6-7-15(13)18-3/h6-7,11,14,17H,4-5,8-10H2,1-3H3. The van der Waals surface area contributed by atoms with E-state index in [1.807, 2.05) is 18.2 Å². The van der Waals surface area contributed by atoms with E-state index in [1.54, 1.807) is 7.11 Å². The normalized spacial score (nSPS) is 12.4. The first-order chi connectivity index (χ1) is 9.22. The van der Waals surface area contributed by atoms with Crippen LogP contribution in [0.25, 0.3) is 0 Å². The van der Waals surface area contributed by atoms with Gasteiger partial charge in [0.2, 0.25) is 0 Å². The van der Waals surface area contributed by atoms with Crippen LogP contribution in [0.2, 0.25) is 5.02 Å². The molecule has 0 radical (unpaired) electrons. The van der Waals surface area contributed by atoms with E-state index in [0.717, 1.165) is 48.9 Å². The summed E-state index contributed by atoms with van der Waals surface area (Å²) in [5.41, 5.74) is 1.09. The number of halogens is 1. The first-order valence-corrected chi connectivity index (χ1v) is 7.25. The number of nitrogens with one attached hydrogen (secondary N) is 1. The van der Waals surface area contributed by atoms with Gasteiger partial charge in [0.1, 0.15) is 5.75 Å². The fraction of sp³-hybridized carbons (Fsp3) is 0.600. The van der Waals surface area contributed by atoms with E-state index in [-0.39, 0.29) is 6.04 Å². The second-order valence-corrected chi connectivity index (χ2v) is 4.83. The molecule has 0 bridgehead atoms. The predicted molar refractivity (Wildman–Crippen MR) is 80.1 cm³/mol. The lowest BCUT2D eigenvalue weighted by atomic mass is 10.0. The second kappa shape index (κ2) is 9.18. The molecule has 19 heavy (non-hydrogen) atoms.